The molecule has 0 heterocycles. The summed E-state index contributed by atoms with van der Waals surface area (Å²) in [5.41, 5.74) is 6.30. The summed E-state index contributed by atoms with van der Waals surface area (Å²) in [5.74, 6) is 1.93. The van der Waals surface area contributed by atoms with E-state index in [1.54, 1.807) is 12.1 Å². The van der Waals surface area contributed by atoms with Gasteiger partial charge in [0.25, 0.3) is 0 Å². The van der Waals surface area contributed by atoms with Gasteiger partial charge in [-0.3, -0.25) is 0 Å². The molecule has 1 aliphatic carbocycles. The average Bonchev–Trinajstić information content (AvgIpc) is 2.45. The van der Waals surface area contributed by atoms with E-state index in [0.29, 0.717) is 30.2 Å². The smallest absolute Gasteiger partial charge is 0.330 e. The normalized spacial score (nSPS) is 27.1. The van der Waals surface area contributed by atoms with Crippen LogP contribution in [0.4, 0.5) is 13.2 Å². The summed E-state index contributed by atoms with van der Waals surface area (Å²) in [6, 6.07) is 5.67. The Labute approximate surface area is 124 Å². The van der Waals surface area contributed by atoms with Crippen molar-refractivity contribution in [3.8, 4) is 0 Å². The van der Waals surface area contributed by atoms with E-state index in [1.165, 1.54) is 18.6 Å². The summed E-state index contributed by atoms with van der Waals surface area (Å²) in [5, 5.41) is 0. The van der Waals surface area contributed by atoms with E-state index in [2.05, 4.69) is 13.8 Å². The topological polar surface area (TPSA) is 26.0 Å². The first kappa shape index (κ1) is 16.3. The molecule has 0 bridgehead atoms. The number of nitrogens with two attached hydrogens (primary N) is 1. The Morgan fingerprint density at radius 2 is 1.76 bits per heavy atom. The van der Waals surface area contributed by atoms with Crippen molar-refractivity contribution >= 4 is 0 Å². The van der Waals surface area contributed by atoms with Crippen LogP contribution in [0, 0.1) is 17.8 Å². The molecule has 4 heteroatoms. The largest absolute Gasteiger partial charge is 0.416 e. The lowest BCUT2D eigenvalue weighted by Crippen LogP contribution is -2.30. The van der Waals surface area contributed by atoms with Crippen molar-refractivity contribution in [1.29, 1.82) is 0 Å². The second-order valence-corrected chi connectivity index (χ2v) is 6.54. The van der Waals surface area contributed by atoms with Crippen molar-refractivity contribution < 1.29 is 13.2 Å². The van der Waals surface area contributed by atoms with E-state index in [9.17, 15) is 13.2 Å². The van der Waals surface area contributed by atoms with Crippen LogP contribution in [-0.2, 0) is 6.18 Å². The predicted molar refractivity (Wildman–Crippen MR) is 78.9 cm³/mol. The second-order valence-electron chi connectivity index (χ2n) is 6.54. The molecule has 0 saturated heterocycles. The summed E-state index contributed by atoms with van der Waals surface area (Å²) in [6.07, 6.45) is -0.981. The highest BCUT2D eigenvalue weighted by atomic mass is 19.4. The Balaban J connectivity index is 2.20. The van der Waals surface area contributed by atoms with Crippen LogP contribution >= 0.6 is 0 Å². The number of hydrogen-bond donors (Lipinski definition) is 1. The Kier molecular flexibility index (Phi) is 4.97. The SMILES string of the molecule is CC(C)C1CCC(CN)C(c2ccc(C(F)(F)F)cc2)C1. The lowest BCUT2D eigenvalue weighted by molar-refractivity contribution is -0.137. The van der Waals surface area contributed by atoms with E-state index in [4.69, 9.17) is 5.73 Å². The highest BCUT2D eigenvalue weighted by molar-refractivity contribution is 5.28. The summed E-state index contributed by atoms with van der Waals surface area (Å²) in [7, 11) is 0. The molecule has 1 nitrogen and oxygen atoms in total. The van der Waals surface area contributed by atoms with Crippen LogP contribution in [0.25, 0.3) is 0 Å². The molecule has 0 spiro atoms. The third-order valence-electron chi connectivity index (χ3n) is 4.95. The summed E-state index contributed by atoms with van der Waals surface area (Å²) in [4.78, 5) is 0. The number of hydrogen-bond acceptors (Lipinski definition) is 1. The van der Waals surface area contributed by atoms with Crippen molar-refractivity contribution in [1.82, 2.24) is 0 Å². The minimum Gasteiger partial charge on any atom is -0.330 e. The number of rotatable bonds is 3. The molecule has 1 saturated carbocycles. The van der Waals surface area contributed by atoms with E-state index in [-0.39, 0.29) is 0 Å². The molecule has 2 N–H and O–H groups in total. The lowest BCUT2D eigenvalue weighted by Gasteiger charge is -2.38. The summed E-state index contributed by atoms with van der Waals surface area (Å²) in [6.45, 7) is 5.05. The maximum atomic E-state index is 12.7. The van der Waals surface area contributed by atoms with Crippen molar-refractivity contribution in [3.05, 3.63) is 35.4 Å². The molecule has 0 radical (unpaired) electrons. The number of halogens is 3. The molecule has 21 heavy (non-hydrogen) atoms. The van der Waals surface area contributed by atoms with Gasteiger partial charge in [0.05, 0.1) is 5.56 Å². The van der Waals surface area contributed by atoms with Gasteiger partial charge in [-0.25, -0.2) is 0 Å². The third-order valence-corrected chi connectivity index (χ3v) is 4.95. The quantitative estimate of drug-likeness (QED) is 0.850. The zero-order chi connectivity index (χ0) is 15.6. The number of benzene rings is 1. The van der Waals surface area contributed by atoms with Gasteiger partial charge in [0.1, 0.15) is 0 Å². The molecule has 1 fully saturated rings. The molecule has 1 aromatic rings. The van der Waals surface area contributed by atoms with Gasteiger partial charge in [0.15, 0.2) is 0 Å². The van der Waals surface area contributed by atoms with Crippen LogP contribution in [0.15, 0.2) is 24.3 Å². The predicted octanol–water partition coefficient (Wildman–Crippen LogP) is 4.82. The zero-order valence-corrected chi connectivity index (χ0v) is 12.7. The molecular weight excluding hydrogens is 275 g/mol. The molecule has 1 aromatic carbocycles. The minimum atomic E-state index is -4.27. The van der Waals surface area contributed by atoms with Crippen molar-refractivity contribution in [2.45, 2.75) is 45.2 Å². The van der Waals surface area contributed by atoms with Crippen LogP contribution in [0.1, 0.15) is 50.2 Å². The highest BCUT2D eigenvalue weighted by Gasteiger charge is 2.33. The molecule has 1 aliphatic rings. The maximum Gasteiger partial charge on any atom is 0.416 e. The molecule has 3 atom stereocenters. The van der Waals surface area contributed by atoms with Gasteiger partial charge in [-0.2, -0.15) is 13.2 Å². The van der Waals surface area contributed by atoms with Crippen LogP contribution in [0.5, 0.6) is 0 Å². The maximum absolute atomic E-state index is 12.7. The van der Waals surface area contributed by atoms with Gasteiger partial charge in [-0.15, -0.1) is 0 Å². The summed E-state index contributed by atoms with van der Waals surface area (Å²) < 4.78 is 38.0. The Morgan fingerprint density at radius 1 is 1.14 bits per heavy atom. The standard InChI is InChI=1S/C17H24F3N/c1-11(2)13-3-4-14(10-21)16(9-13)12-5-7-15(8-6-12)17(18,19)20/h5-8,11,13-14,16H,3-4,9-10,21H2,1-2H3. The van der Waals surface area contributed by atoms with E-state index in [1.807, 2.05) is 0 Å². The van der Waals surface area contributed by atoms with Gasteiger partial charge < -0.3 is 5.73 Å². The first-order chi connectivity index (χ1) is 9.82. The van der Waals surface area contributed by atoms with E-state index < -0.39 is 11.7 Å². The Hall–Kier alpha value is -1.03. The zero-order valence-electron chi connectivity index (χ0n) is 12.7. The van der Waals surface area contributed by atoms with E-state index in [0.717, 1.165) is 18.4 Å². The van der Waals surface area contributed by atoms with E-state index >= 15 is 0 Å². The van der Waals surface area contributed by atoms with Crippen molar-refractivity contribution in [2.75, 3.05) is 6.54 Å². The molecule has 118 valence electrons. The molecule has 0 amide bonds. The first-order valence-electron chi connectivity index (χ1n) is 7.70. The van der Waals surface area contributed by atoms with Gasteiger partial charge >= 0.3 is 6.18 Å². The molecule has 3 unspecified atom stereocenters. The molecule has 0 aliphatic heterocycles. The second kappa shape index (κ2) is 6.39. The van der Waals surface area contributed by atoms with Crippen LogP contribution in [0.2, 0.25) is 0 Å². The Bertz CT molecular complexity index is 450. The van der Waals surface area contributed by atoms with Gasteiger partial charge in [0, 0.05) is 0 Å². The fraction of sp³-hybridized carbons (Fsp3) is 0.647. The summed E-state index contributed by atoms with van der Waals surface area (Å²) >= 11 is 0. The average molecular weight is 299 g/mol. The monoisotopic (exact) mass is 299 g/mol. The molecule has 2 rings (SSSR count). The van der Waals surface area contributed by atoms with Crippen LogP contribution in [-0.4, -0.2) is 6.54 Å². The highest BCUT2D eigenvalue weighted by Crippen LogP contribution is 2.43. The fourth-order valence-electron chi connectivity index (χ4n) is 3.48. The van der Waals surface area contributed by atoms with Crippen molar-refractivity contribution in [3.63, 3.8) is 0 Å². The number of alkyl halides is 3. The Morgan fingerprint density at radius 3 is 2.24 bits per heavy atom. The third kappa shape index (κ3) is 3.79. The van der Waals surface area contributed by atoms with Gasteiger partial charge in [-0.05, 0) is 67.2 Å². The fourth-order valence-corrected chi connectivity index (χ4v) is 3.48. The lowest BCUT2D eigenvalue weighted by atomic mass is 9.68. The van der Waals surface area contributed by atoms with Crippen LogP contribution in [0.3, 0.4) is 0 Å². The minimum absolute atomic E-state index is 0.290. The van der Waals surface area contributed by atoms with Crippen LogP contribution < -0.4 is 5.73 Å². The van der Waals surface area contributed by atoms with Gasteiger partial charge in [0.2, 0.25) is 0 Å². The van der Waals surface area contributed by atoms with Gasteiger partial charge in [-0.1, -0.05) is 26.0 Å². The molecule has 0 aromatic heterocycles. The first-order valence-corrected chi connectivity index (χ1v) is 7.70. The van der Waals surface area contributed by atoms with Crippen molar-refractivity contribution in [2.24, 2.45) is 23.5 Å². The molecular formula is C17H24F3N.